The van der Waals surface area contributed by atoms with Gasteiger partial charge in [-0.1, -0.05) is 41.7 Å². The Morgan fingerprint density at radius 3 is 2.60 bits per heavy atom. The van der Waals surface area contributed by atoms with Crippen molar-refractivity contribution in [1.82, 2.24) is 20.8 Å². The van der Waals surface area contributed by atoms with Gasteiger partial charge in [0, 0.05) is 41.9 Å². The lowest BCUT2D eigenvalue weighted by Crippen LogP contribution is -2.45. The first kappa shape index (κ1) is 27.3. The number of amides is 2. The van der Waals surface area contributed by atoms with E-state index in [2.05, 4.69) is 25.7 Å². The SMILES string of the molecule is COc1cc2cc(c1)C(=O)N[C@H]1CN(c3nnc(-c4ccccc4)s3)C[C@@H]1Oc1ccc(c(OC)c1)CNC(=O)CO2. The normalized spacial score (nSPS) is 18.7. The average molecular weight is 588 g/mol. The number of methoxy groups -OCH3 is 2. The van der Waals surface area contributed by atoms with Gasteiger partial charge in [-0.25, -0.2) is 0 Å². The van der Waals surface area contributed by atoms with E-state index in [9.17, 15) is 9.59 Å². The number of benzene rings is 3. The minimum absolute atomic E-state index is 0.232. The van der Waals surface area contributed by atoms with E-state index in [4.69, 9.17) is 18.9 Å². The van der Waals surface area contributed by atoms with E-state index in [0.29, 0.717) is 41.7 Å². The fourth-order valence-electron chi connectivity index (χ4n) is 4.90. The van der Waals surface area contributed by atoms with Crippen LogP contribution in [0.15, 0.2) is 66.7 Å². The molecule has 216 valence electrons. The molecule has 3 aromatic carbocycles. The maximum absolute atomic E-state index is 13.5. The highest BCUT2D eigenvalue weighted by Gasteiger charge is 2.37. The van der Waals surface area contributed by atoms with Crippen molar-refractivity contribution in [2.24, 2.45) is 0 Å². The third kappa shape index (κ3) is 5.93. The van der Waals surface area contributed by atoms with Crippen LogP contribution in [0.5, 0.6) is 23.0 Å². The molecule has 0 aliphatic carbocycles. The second-order valence-corrected chi connectivity index (χ2v) is 10.8. The molecule has 4 aromatic rings. The van der Waals surface area contributed by atoms with Crippen molar-refractivity contribution in [2.45, 2.75) is 18.7 Å². The van der Waals surface area contributed by atoms with Crippen molar-refractivity contribution < 1.29 is 28.5 Å². The number of nitrogens with one attached hydrogen (secondary N) is 2. The lowest BCUT2D eigenvalue weighted by molar-refractivity contribution is -0.123. The molecule has 7 rings (SSSR count). The Morgan fingerprint density at radius 1 is 0.929 bits per heavy atom. The fraction of sp³-hybridized carbons (Fsp3) is 0.267. The first-order valence-electron chi connectivity index (χ1n) is 13.4. The quantitative estimate of drug-likeness (QED) is 0.370. The Balaban J connectivity index is 1.32. The van der Waals surface area contributed by atoms with Crippen molar-refractivity contribution in [3.8, 4) is 33.6 Å². The Bertz CT molecular complexity index is 1600. The van der Waals surface area contributed by atoms with E-state index in [0.717, 1.165) is 21.3 Å². The summed E-state index contributed by atoms with van der Waals surface area (Å²) >= 11 is 1.49. The van der Waals surface area contributed by atoms with E-state index in [1.54, 1.807) is 31.4 Å². The van der Waals surface area contributed by atoms with Crippen molar-refractivity contribution in [2.75, 3.05) is 38.8 Å². The number of fused-ring (bicyclic) bond motifs is 7. The summed E-state index contributed by atoms with van der Waals surface area (Å²) in [5, 5.41) is 16.4. The molecule has 3 aliphatic rings. The topological polar surface area (TPSA) is 124 Å². The molecule has 3 aliphatic heterocycles. The van der Waals surface area contributed by atoms with Crippen molar-refractivity contribution >= 4 is 28.3 Å². The Labute approximate surface area is 246 Å². The van der Waals surface area contributed by atoms with Crippen LogP contribution >= 0.6 is 11.3 Å². The van der Waals surface area contributed by atoms with E-state index in [1.807, 2.05) is 42.5 Å². The lowest BCUT2D eigenvalue weighted by Gasteiger charge is -2.22. The van der Waals surface area contributed by atoms with E-state index >= 15 is 0 Å². The number of carbonyl (C=O) groups is 2. The largest absolute Gasteiger partial charge is 0.497 e. The first-order chi connectivity index (χ1) is 20.5. The highest BCUT2D eigenvalue weighted by Crippen LogP contribution is 2.33. The predicted octanol–water partition coefficient (Wildman–Crippen LogP) is 3.30. The zero-order valence-electron chi connectivity index (χ0n) is 23.0. The number of anilines is 1. The Kier molecular flexibility index (Phi) is 7.78. The van der Waals surface area contributed by atoms with Gasteiger partial charge in [-0.15, -0.1) is 10.2 Å². The number of hydrogen-bond donors (Lipinski definition) is 2. The highest BCUT2D eigenvalue weighted by molar-refractivity contribution is 7.18. The summed E-state index contributed by atoms with van der Waals surface area (Å²) in [7, 11) is 3.07. The van der Waals surface area contributed by atoms with Crippen LogP contribution in [0, 0.1) is 0 Å². The molecule has 0 unspecified atom stereocenters. The molecule has 1 aromatic heterocycles. The van der Waals surface area contributed by atoms with Crippen LogP contribution in [0.2, 0.25) is 0 Å². The van der Waals surface area contributed by atoms with Gasteiger partial charge in [-0.3, -0.25) is 9.59 Å². The minimum atomic E-state index is -0.412. The average Bonchev–Trinajstić information content (AvgIpc) is 3.67. The van der Waals surface area contributed by atoms with Gasteiger partial charge in [0.25, 0.3) is 11.8 Å². The predicted molar refractivity (Wildman–Crippen MR) is 157 cm³/mol. The number of ether oxygens (including phenoxy) is 4. The summed E-state index contributed by atoms with van der Waals surface area (Å²) < 4.78 is 23.1. The second kappa shape index (κ2) is 12.0. The second-order valence-electron chi connectivity index (χ2n) is 9.83. The molecule has 0 saturated carbocycles. The molecule has 12 heteroatoms. The molecule has 2 N–H and O–H groups in total. The van der Waals surface area contributed by atoms with Crippen LogP contribution in [-0.2, 0) is 11.3 Å². The van der Waals surface area contributed by atoms with Crippen LogP contribution in [0.25, 0.3) is 10.6 Å². The maximum Gasteiger partial charge on any atom is 0.258 e. The van der Waals surface area contributed by atoms with Crippen molar-refractivity contribution in [3.63, 3.8) is 0 Å². The third-order valence-corrected chi connectivity index (χ3v) is 8.09. The summed E-state index contributed by atoms with van der Waals surface area (Å²) in [6, 6.07) is 19.8. The molecule has 2 atom stereocenters. The molecule has 0 radical (unpaired) electrons. The summed E-state index contributed by atoms with van der Waals surface area (Å²) in [4.78, 5) is 28.1. The number of nitrogens with zero attached hydrogens (tertiary/aromatic N) is 3. The zero-order valence-corrected chi connectivity index (χ0v) is 23.8. The van der Waals surface area contributed by atoms with Gasteiger partial charge in [0.1, 0.15) is 34.1 Å². The molecular formula is C30H29N5O6S. The first-order valence-corrected chi connectivity index (χ1v) is 14.2. The lowest BCUT2D eigenvalue weighted by atomic mass is 10.1. The molecule has 4 heterocycles. The van der Waals surface area contributed by atoms with Crippen LogP contribution in [0.4, 0.5) is 5.13 Å². The fourth-order valence-corrected chi connectivity index (χ4v) is 5.77. The van der Waals surface area contributed by atoms with Crippen molar-refractivity contribution in [1.29, 1.82) is 0 Å². The molecule has 2 amide bonds. The molecular weight excluding hydrogens is 558 g/mol. The summed E-state index contributed by atoms with van der Waals surface area (Å²) in [5.74, 6) is 1.26. The van der Waals surface area contributed by atoms with Gasteiger partial charge in [-0.2, -0.15) is 0 Å². The van der Waals surface area contributed by atoms with Gasteiger partial charge < -0.3 is 34.5 Å². The molecule has 42 heavy (non-hydrogen) atoms. The molecule has 1 fully saturated rings. The number of carbonyl (C=O) groups excluding carboxylic acids is 2. The van der Waals surface area contributed by atoms with Crippen LogP contribution < -0.4 is 34.5 Å². The van der Waals surface area contributed by atoms with Crippen LogP contribution in [0.3, 0.4) is 0 Å². The summed E-state index contributed by atoms with van der Waals surface area (Å²) in [6.07, 6.45) is -0.412. The molecule has 11 nitrogen and oxygen atoms in total. The van der Waals surface area contributed by atoms with Crippen LogP contribution in [-0.4, -0.2) is 68.1 Å². The summed E-state index contributed by atoms with van der Waals surface area (Å²) in [5.41, 5.74) is 2.11. The molecule has 4 bridgehead atoms. The number of aromatic nitrogens is 2. The van der Waals surface area contributed by atoms with Gasteiger partial charge in [0.15, 0.2) is 6.61 Å². The van der Waals surface area contributed by atoms with E-state index < -0.39 is 6.10 Å². The van der Waals surface area contributed by atoms with E-state index in [-0.39, 0.29) is 31.0 Å². The smallest absolute Gasteiger partial charge is 0.258 e. The monoisotopic (exact) mass is 587 g/mol. The van der Waals surface area contributed by atoms with Gasteiger partial charge in [-0.05, 0) is 24.3 Å². The van der Waals surface area contributed by atoms with E-state index in [1.165, 1.54) is 18.4 Å². The molecule has 0 spiro atoms. The Hall–Kier alpha value is -4.84. The number of hydrogen-bond acceptors (Lipinski definition) is 10. The van der Waals surface area contributed by atoms with Crippen LogP contribution in [0.1, 0.15) is 15.9 Å². The van der Waals surface area contributed by atoms with Gasteiger partial charge in [0.2, 0.25) is 5.13 Å². The van der Waals surface area contributed by atoms with Gasteiger partial charge in [0.05, 0.1) is 26.8 Å². The standard InChI is InChI=1S/C30H29N5O6S/c1-38-22-10-20-11-23(12-22)40-17-27(36)31-14-19-8-9-21(13-25(19)39-2)41-26-16-35(15-24(26)32-28(20)37)30-34-33-29(42-30)18-6-4-3-5-7-18/h3-13,24,26H,14-17H2,1-2H3,(H,31,36)(H,32,37)/t24-,26-/m0/s1. The van der Waals surface area contributed by atoms with Crippen molar-refractivity contribution in [3.05, 3.63) is 77.9 Å². The third-order valence-electron chi connectivity index (χ3n) is 7.06. The molecule has 1 saturated heterocycles. The number of rotatable bonds is 4. The Morgan fingerprint density at radius 2 is 1.79 bits per heavy atom. The zero-order chi connectivity index (χ0) is 29.1. The maximum atomic E-state index is 13.5. The summed E-state index contributed by atoms with van der Waals surface area (Å²) in [6.45, 7) is 0.946. The highest BCUT2D eigenvalue weighted by atomic mass is 32.1. The van der Waals surface area contributed by atoms with Gasteiger partial charge >= 0.3 is 0 Å². The minimum Gasteiger partial charge on any atom is -0.497 e.